The van der Waals surface area contributed by atoms with Gasteiger partial charge in [0, 0.05) is 6.54 Å². The van der Waals surface area contributed by atoms with Crippen molar-refractivity contribution in [2.24, 2.45) is 0 Å². The molecule has 0 aliphatic carbocycles. The number of halogens is 3. The maximum atomic E-state index is 12.6. The summed E-state index contributed by atoms with van der Waals surface area (Å²) in [6.07, 6.45) is -4.41. The van der Waals surface area contributed by atoms with Crippen LogP contribution in [0.5, 0.6) is 11.5 Å². The van der Waals surface area contributed by atoms with Crippen LogP contribution in [0.25, 0.3) is 0 Å². The Balaban J connectivity index is 1.82. The number of carbonyl (C=O) groups is 1. The molecule has 0 atom stereocenters. The highest BCUT2D eigenvalue weighted by atomic mass is 19.4. The second kappa shape index (κ2) is 7.72. The van der Waals surface area contributed by atoms with E-state index in [0.29, 0.717) is 17.1 Å². The molecule has 7 heteroatoms. The zero-order valence-electron chi connectivity index (χ0n) is 12.9. The molecular weight excluding hydrogens is 323 g/mol. The molecule has 0 aromatic heterocycles. The lowest BCUT2D eigenvalue weighted by Gasteiger charge is -2.10. The summed E-state index contributed by atoms with van der Waals surface area (Å²) in [4.78, 5) is 11.7. The number of ether oxygens (including phenoxy) is 2. The molecule has 0 unspecified atom stereocenters. The van der Waals surface area contributed by atoms with Crippen molar-refractivity contribution in [2.45, 2.75) is 12.7 Å². The Bertz CT molecular complexity index is 684. The molecule has 2 aromatic carbocycles. The van der Waals surface area contributed by atoms with Gasteiger partial charge in [-0.15, -0.1) is 0 Å². The third-order valence-electron chi connectivity index (χ3n) is 3.17. The second-order valence-corrected chi connectivity index (χ2v) is 4.94. The smallest absolute Gasteiger partial charge is 0.416 e. The molecule has 2 rings (SSSR count). The van der Waals surface area contributed by atoms with Crippen LogP contribution in [0, 0.1) is 0 Å². The van der Waals surface area contributed by atoms with Crippen molar-refractivity contribution in [3.63, 3.8) is 0 Å². The van der Waals surface area contributed by atoms with E-state index < -0.39 is 17.6 Å². The molecule has 0 saturated carbocycles. The third kappa shape index (κ3) is 5.19. The molecule has 1 amide bonds. The van der Waals surface area contributed by atoms with Crippen LogP contribution >= 0.6 is 0 Å². The second-order valence-electron chi connectivity index (χ2n) is 4.94. The summed E-state index contributed by atoms with van der Waals surface area (Å²) in [7, 11) is 1.54. The topological polar surface area (TPSA) is 47.6 Å². The molecule has 2 aromatic rings. The van der Waals surface area contributed by atoms with Crippen LogP contribution in [-0.2, 0) is 17.5 Å². The fourth-order valence-electron chi connectivity index (χ4n) is 1.93. The van der Waals surface area contributed by atoms with E-state index in [1.54, 1.807) is 24.3 Å². The summed E-state index contributed by atoms with van der Waals surface area (Å²) < 4.78 is 48.1. The first-order chi connectivity index (χ1) is 11.4. The zero-order chi connectivity index (χ0) is 17.6. The van der Waals surface area contributed by atoms with E-state index in [4.69, 9.17) is 9.47 Å². The normalized spacial score (nSPS) is 11.0. The molecule has 128 valence electrons. The number of benzene rings is 2. The summed E-state index contributed by atoms with van der Waals surface area (Å²) in [6, 6.07) is 11.5. The fraction of sp³-hybridized carbons (Fsp3) is 0.235. The number of methoxy groups -OCH3 is 1. The highest BCUT2D eigenvalue weighted by Crippen LogP contribution is 2.29. The molecule has 0 heterocycles. The van der Waals surface area contributed by atoms with Crippen LogP contribution in [0.1, 0.15) is 11.1 Å². The minimum atomic E-state index is -4.41. The van der Waals surface area contributed by atoms with Gasteiger partial charge in [0.25, 0.3) is 5.91 Å². The molecular formula is C17H16F3NO3. The first kappa shape index (κ1) is 17.7. The van der Waals surface area contributed by atoms with Crippen LogP contribution in [0.15, 0.2) is 48.5 Å². The molecule has 0 radical (unpaired) electrons. The van der Waals surface area contributed by atoms with Crippen molar-refractivity contribution in [3.05, 3.63) is 59.7 Å². The Morgan fingerprint density at radius 2 is 1.75 bits per heavy atom. The average molecular weight is 339 g/mol. The molecule has 0 aliphatic heterocycles. The Labute approximate surface area is 137 Å². The van der Waals surface area contributed by atoms with Gasteiger partial charge in [0.2, 0.25) is 0 Å². The largest absolute Gasteiger partial charge is 0.497 e. The molecule has 0 saturated heterocycles. The van der Waals surface area contributed by atoms with E-state index in [0.717, 1.165) is 12.1 Å². The summed E-state index contributed by atoms with van der Waals surface area (Å²) in [6.45, 7) is -0.236. The van der Waals surface area contributed by atoms with Gasteiger partial charge >= 0.3 is 6.18 Å². The monoisotopic (exact) mass is 339 g/mol. The number of carbonyl (C=O) groups excluding carboxylic acids is 1. The first-order valence-corrected chi connectivity index (χ1v) is 7.08. The number of hydrogen-bond acceptors (Lipinski definition) is 3. The summed E-state index contributed by atoms with van der Waals surface area (Å²) >= 11 is 0. The highest BCUT2D eigenvalue weighted by Gasteiger charge is 2.30. The lowest BCUT2D eigenvalue weighted by Crippen LogP contribution is -2.28. The van der Waals surface area contributed by atoms with Gasteiger partial charge in [0.1, 0.15) is 11.5 Å². The first-order valence-electron chi connectivity index (χ1n) is 7.08. The fourth-order valence-corrected chi connectivity index (χ4v) is 1.93. The van der Waals surface area contributed by atoms with E-state index >= 15 is 0 Å². The molecule has 0 aliphatic rings. The lowest BCUT2D eigenvalue weighted by molar-refractivity contribution is -0.137. The Morgan fingerprint density at radius 1 is 1.08 bits per heavy atom. The van der Waals surface area contributed by atoms with E-state index in [1.165, 1.54) is 19.2 Å². The van der Waals surface area contributed by atoms with Crippen molar-refractivity contribution >= 4 is 5.91 Å². The maximum absolute atomic E-state index is 12.6. The summed E-state index contributed by atoms with van der Waals surface area (Å²) in [5.74, 6) is 0.726. The van der Waals surface area contributed by atoms with Gasteiger partial charge in [-0.3, -0.25) is 4.79 Å². The van der Waals surface area contributed by atoms with Crippen molar-refractivity contribution < 1.29 is 27.4 Å². The molecule has 0 spiro atoms. The van der Waals surface area contributed by atoms with Gasteiger partial charge in [-0.2, -0.15) is 13.2 Å². The van der Waals surface area contributed by atoms with E-state index in [1.807, 2.05) is 0 Å². The van der Waals surface area contributed by atoms with Crippen molar-refractivity contribution in [1.29, 1.82) is 0 Å². The predicted octanol–water partition coefficient (Wildman–Crippen LogP) is 3.41. The zero-order valence-corrected chi connectivity index (χ0v) is 12.9. The number of hydrogen-bond donors (Lipinski definition) is 1. The minimum absolute atomic E-state index is 0.00523. The van der Waals surface area contributed by atoms with Gasteiger partial charge in [0.05, 0.1) is 12.7 Å². The predicted molar refractivity (Wildman–Crippen MR) is 81.8 cm³/mol. The van der Waals surface area contributed by atoms with Crippen molar-refractivity contribution in [2.75, 3.05) is 13.7 Å². The van der Waals surface area contributed by atoms with Crippen LogP contribution in [-0.4, -0.2) is 19.6 Å². The Kier molecular flexibility index (Phi) is 5.68. The summed E-state index contributed by atoms with van der Waals surface area (Å²) in [5, 5.41) is 2.51. The quantitative estimate of drug-likeness (QED) is 0.877. The third-order valence-corrected chi connectivity index (χ3v) is 3.17. The number of rotatable bonds is 6. The minimum Gasteiger partial charge on any atom is -0.497 e. The van der Waals surface area contributed by atoms with E-state index in [-0.39, 0.29) is 13.2 Å². The SMILES string of the molecule is COc1ccc(OCC(=O)NCc2cccc(C(F)(F)F)c2)cc1. The lowest BCUT2D eigenvalue weighted by atomic mass is 10.1. The highest BCUT2D eigenvalue weighted by molar-refractivity contribution is 5.77. The van der Waals surface area contributed by atoms with Gasteiger partial charge in [-0.1, -0.05) is 12.1 Å². The van der Waals surface area contributed by atoms with Gasteiger partial charge < -0.3 is 14.8 Å². The van der Waals surface area contributed by atoms with Gasteiger partial charge in [0.15, 0.2) is 6.61 Å². The number of nitrogens with one attached hydrogen (secondary N) is 1. The van der Waals surface area contributed by atoms with Gasteiger partial charge in [-0.25, -0.2) is 0 Å². The number of alkyl halides is 3. The van der Waals surface area contributed by atoms with Crippen LogP contribution in [0.3, 0.4) is 0 Å². The molecule has 4 nitrogen and oxygen atoms in total. The van der Waals surface area contributed by atoms with Crippen molar-refractivity contribution in [1.82, 2.24) is 5.32 Å². The van der Waals surface area contributed by atoms with Crippen LogP contribution in [0.4, 0.5) is 13.2 Å². The standard InChI is InChI=1S/C17H16F3NO3/c1-23-14-5-7-15(8-6-14)24-11-16(22)21-10-12-3-2-4-13(9-12)17(18,19)20/h2-9H,10-11H2,1H3,(H,21,22). The average Bonchev–Trinajstić information content (AvgIpc) is 2.58. The Hall–Kier alpha value is -2.70. The molecule has 24 heavy (non-hydrogen) atoms. The molecule has 0 bridgehead atoms. The van der Waals surface area contributed by atoms with E-state index in [2.05, 4.69) is 5.32 Å². The molecule has 1 N–H and O–H groups in total. The van der Waals surface area contributed by atoms with E-state index in [9.17, 15) is 18.0 Å². The van der Waals surface area contributed by atoms with Crippen LogP contribution < -0.4 is 14.8 Å². The van der Waals surface area contributed by atoms with Gasteiger partial charge in [-0.05, 0) is 42.0 Å². The Morgan fingerprint density at radius 3 is 2.38 bits per heavy atom. The maximum Gasteiger partial charge on any atom is 0.416 e. The number of amides is 1. The molecule has 0 fully saturated rings. The van der Waals surface area contributed by atoms with Crippen LogP contribution in [0.2, 0.25) is 0 Å². The van der Waals surface area contributed by atoms with Crippen molar-refractivity contribution in [3.8, 4) is 11.5 Å². The summed E-state index contributed by atoms with van der Waals surface area (Å²) in [5.41, 5.74) is -0.383.